The van der Waals surface area contributed by atoms with Gasteiger partial charge in [0.1, 0.15) is 18.1 Å². The number of rotatable bonds is 5. The molecule has 34 heavy (non-hydrogen) atoms. The molecule has 0 bridgehead atoms. The summed E-state index contributed by atoms with van der Waals surface area (Å²) in [4.78, 5) is 29.7. The fraction of sp³-hybridized carbons (Fsp3) is 0.280. The van der Waals surface area contributed by atoms with Crippen molar-refractivity contribution < 1.29 is 13.9 Å². The maximum absolute atomic E-state index is 13.6. The first kappa shape index (κ1) is 21.5. The van der Waals surface area contributed by atoms with Gasteiger partial charge in [0.25, 0.3) is 0 Å². The number of amides is 1. The Morgan fingerprint density at radius 1 is 1.26 bits per heavy atom. The van der Waals surface area contributed by atoms with E-state index >= 15 is 0 Å². The molecule has 4 aromatic rings. The van der Waals surface area contributed by atoms with E-state index in [4.69, 9.17) is 4.74 Å². The lowest BCUT2D eigenvalue weighted by atomic mass is 9.84. The van der Waals surface area contributed by atoms with Crippen LogP contribution in [0, 0.1) is 11.7 Å². The summed E-state index contributed by atoms with van der Waals surface area (Å²) in [6.45, 7) is 1.04. The van der Waals surface area contributed by atoms with E-state index in [0.717, 1.165) is 43.4 Å². The Kier molecular flexibility index (Phi) is 5.45. The number of aromatic nitrogens is 2. The minimum absolute atomic E-state index is 0.00425. The second kappa shape index (κ2) is 8.63. The van der Waals surface area contributed by atoms with Gasteiger partial charge in [0.15, 0.2) is 0 Å². The molecule has 0 saturated heterocycles. The van der Waals surface area contributed by atoms with E-state index < -0.39 is 0 Å². The molecule has 2 aromatic heterocycles. The molecule has 0 spiro atoms. The lowest BCUT2D eigenvalue weighted by Gasteiger charge is -2.36. The SMILES string of the molecule is O=C(Cn1c2c(sc1=O)C1c3ccccc3OCC1CS2)NCCc1c[nH]c2ccc(F)cc12. The van der Waals surface area contributed by atoms with Gasteiger partial charge in [-0.05, 0) is 36.2 Å². The Morgan fingerprint density at radius 3 is 3.06 bits per heavy atom. The van der Waals surface area contributed by atoms with Crippen LogP contribution >= 0.6 is 23.1 Å². The Hall–Kier alpha value is -3.04. The van der Waals surface area contributed by atoms with Gasteiger partial charge in [-0.1, -0.05) is 29.5 Å². The number of H-pyrrole nitrogens is 1. The van der Waals surface area contributed by atoms with Crippen molar-refractivity contribution in [1.29, 1.82) is 0 Å². The smallest absolute Gasteiger partial charge is 0.308 e. The molecule has 2 unspecified atom stereocenters. The minimum atomic E-state index is -0.286. The van der Waals surface area contributed by atoms with Gasteiger partial charge >= 0.3 is 4.87 Å². The van der Waals surface area contributed by atoms with Crippen LogP contribution in [-0.2, 0) is 17.8 Å². The quantitative estimate of drug-likeness (QED) is 0.437. The topological polar surface area (TPSA) is 76.1 Å². The number of benzene rings is 2. The maximum atomic E-state index is 13.6. The summed E-state index contributed by atoms with van der Waals surface area (Å²) >= 11 is 2.88. The molecule has 2 N–H and O–H groups in total. The van der Waals surface area contributed by atoms with Crippen LogP contribution < -0.4 is 14.9 Å². The second-order valence-corrected chi connectivity index (χ2v) is 10.6. The number of hydrogen-bond acceptors (Lipinski definition) is 5. The van der Waals surface area contributed by atoms with Crippen molar-refractivity contribution in [3.8, 4) is 5.75 Å². The maximum Gasteiger partial charge on any atom is 0.308 e. The van der Waals surface area contributed by atoms with Gasteiger partial charge in [-0.3, -0.25) is 14.2 Å². The van der Waals surface area contributed by atoms with Crippen molar-refractivity contribution in [2.45, 2.75) is 23.9 Å². The molecule has 2 aromatic carbocycles. The number of fused-ring (bicyclic) bond motifs is 6. The standard InChI is InChI=1S/C25H22FN3O3S2/c26-16-5-6-19-18(9-16)14(10-28-19)7-8-27-21(30)11-29-24-23(34-25(29)31)22-15(13-33-24)12-32-20-4-2-1-3-17(20)22/h1-6,9-10,15,22,28H,7-8,11-13H2,(H,27,30). The molecule has 174 valence electrons. The molecule has 2 atom stereocenters. The van der Waals surface area contributed by atoms with Crippen molar-refractivity contribution >= 4 is 39.9 Å². The number of hydrogen-bond donors (Lipinski definition) is 2. The average Bonchev–Trinajstić information content (AvgIpc) is 3.38. The predicted octanol–water partition coefficient (Wildman–Crippen LogP) is 4.14. The largest absolute Gasteiger partial charge is 0.493 e. The zero-order chi connectivity index (χ0) is 23.2. The fourth-order valence-electron chi connectivity index (χ4n) is 4.89. The summed E-state index contributed by atoms with van der Waals surface area (Å²) in [5.74, 6) is 1.68. The summed E-state index contributed by atoms with van der Waals surface area (Å²) < 4.78 is 21.1. The highest BCUT2D eigenvalue weighted by atomic mass is 32.2. The van der Waals surface area contributed by atoms with Crippen LogP contribution in [0.15, 0.2) is 58.5 Å². The van der Waals surface area contributed by atoms with Crippen LogP contribution in [0.2, 0.25) is 0 Å². The number of nitrogens with one attached hydrogen (secondary N) is 2. The van der Waals surface area contributed by atoms with Crippen LogP contribution in [0.3, 0.4) is 0 Å². The summed E-state index contributed by atoms with van der Waals surface area (Å²) in [7, 11) is 0. The molecule has 9 heteroatoms. The second-order valence-electron chi connectivity index (χ2n) is 8.62. The predicted molar refractivity (Wildman–Crippen MR) is 132 cm³/mol. The van der Waals surface area contributed by atoms with E-state index in [1.165, 1.54) is 23.5 Å². The van der Waals surface area contributed by atoms with Crippen molar-refractivity contribution in [3.63, 3.8) is 0 Å². The summed E-state index contributed by atoms with van der Waals surface area (Å²) in [6, 6.07) is 12.6. The van der Waals surface area contributed by atoms with Crippen LogP contribution in [0.5, 0.6) is 5.75 Å². The number of thioether (sulfide) groups is 1. The molecule has 0 saturated carbocycles. The first-order valence-electron chi connectivity index (χ1n) is 11.2. The van der Waals surface area contributed by atoms with Gasteiger partial charge in [-0.15, -0.1) is 11.8 Å². The van der Waals surface area contributed by atoms with Crippen molar-refractivity contribution in [1.82, 2.24) is 14.9 Å². The number of carbonyl (C=O) groups excluding carboxylic acids is 1. The van der Waals surface area contributed by atoms with Gasteiger partial charge < -0.3 is 15.0 Å². The molecular formula is C25H22FN3O3S2. The van der Waals surface area contributed by atoms with Crippen LogP contribution in [0.4, 0.5) is 4.39 Å². The average molecular weight is 496 g/mol. The van der Waals surface area contributed by atoms with E-state index in [1.807, 2.05) is 24.4 Å². The molecular weight excluding hydrogens is 473 g/mol. The number of aromatic amines is 1. The van der Waals surface area contributed by atoms with E-state index in [9.17, 15) is 14.0 Å². The summed E-state index contributed by atoms with van der Waals surface area (Å²) in [5.41, 5.74) is 2.93. The summed E-state index contributed by atoms with van der Waals surface area (Å²) in [6.07, 6.45) is 2.41. The molecule has 2 aliphatic rings. The van der Waals surface area contributed by atoms with Gasteiger partial charge in [0.2, 0.25) is 5.91 Å². The molecule has 1 amide bonds. The zero-order valence-electron chi connectivity index (χ0n) is 18.2. The van der Waals surface area contributed by atoms with E-state index in [0.29, 0.717) is 25.5 Å². The fourth-order valence-corrected chi connectivity index (χ4v) is 7.58. The third kappa shape index (κ3) is 3.73. The molecule has 6 nitrogen and oxygen atoms in total. The van der Waals surface area contributed by atoms with Crippen molar-refractivity contribution in [2.75, 3.05) is 18.9 Å². The highest BCUT2D eigenvalue weighted by molar-refractivity contribution is 7.99. The molecule has 2 aliphatic heterocycles. The highest BCUT2D eigenvalue weighted by Crippen LogP contribution is 2.50. The third-order valence-corrected chi connectivity index (χ3v) is 9.02. The van der Waals surface area contributed by atoms with Crippen LogP contribution in [0.25, 0.3) is 10.9 Å². The summed E-state index contributed by atoms with van der Waals surface area (Å²) in [5, 5.41) is 4.63. The van der Waals surface area contributed by atoms with Gasteiger partial charge in [0.05, 0.1) is 11.6 Å². The highest BCUT2D eigenvalue weighted by Gasteiger charge is 2.39. The Bertz CT molecular complexity index is 1460. The van der Waals surface area contributed by atoms with E-state index in [-0.39, 0.29) is 29.1 Å². The third-order valence-electron chi connectivity index (χ3n) is 6.52. The van der Waals surface area contributed by atoms with Crippen molar-refractivity contribution in [2.24, 2.45) is 5.92 Å². The van der Waals surface area contributed by atoms with Crippen molar-refractivity contribution in [3.05, 3.63) is 80.2 Å². The molecule has 0 fully saturated rings. The van der Waals surface area contributed by atoms with Crippen LogP contribution in [-0.4, -0.2) is 34.4 Å². The normalized spacial score (nSPS) is 18.6. The number of ether oxygens (including phenoxy) is 1. The molecule has 0 aliphatic carbocycles. The van der Waals surface area contributed by atoms with E-state index in [2.05, 4.69) is 16.4 Å². The first-order chi connectivity index (χ1) is 16.6. The number of carbonyl (C=O) groups is 1. The number of halogens is 1. The molecule has 0 radical (unpaired) electrons. The Labute approximate surface area is 203 Å². The molecule has 4 heterocycles. The van der Waals surface area contributed by atoms with E-state index in [1.54, 1.807) is 22.4 Å². The number of nitrogens with zero attached hydrogens (tertiary/aromatic N) is 1. The minimum Gasteiger partial charge on any atom is -0.493 e. The van der Waals surface area contributed by atoms with Gasteiger partial charge in [0, 0.05) is 51.7 Å². The van der Waals surface area contributed by atoms with Gasteiger partial charge in [-0.25, -0.2) is 4.39 Å². The monoisotopic (exact) mass is 495 g/mol. The lowest BCUT2D eigenvalue weighted by Crippen LogP contribution is -2.33. The molecule has 6 rings (SSSR count). The zero-order valence-corrected chi connectivity index (χ0v) is 19.8. The number of thiazole rings is 1. The van der Waals surface area contributed by atoms with Gasteiger partial charge in [-0.2, -0.15) is 0 Å². The Balaban J connectivity index is 1.17. The first-order valence-corrected chi connectivity index (χ1v) is 13.0. The Morgan fingerprint density at radius 2 is 2.15 bits per heavy atom. The lowest BCUT2D eigenvalue weighted by molar-refractivity contribution is -0.121. The number of para-hydroxylation sites is 1. The van der Waals surface area contributed by atoms with Crippen LogP contribution in [0.1, 0.15) is 21.9 Å².